The second-order valence-electron chi connectivity index (χ2n) is 3.75. The van der Waals surface area contributed by atoms with Crippen LogP contribution < -0.4 is 10.5 Å². The van der Waals surface area contributed by atoms with Gasteiger partial charge in [-0.2, -0.15) is 0 Å². The Morgan fingerprint density at radius 2 is 1.78 bits per heavy atom. The number of anilines is 1. The Bertz CT molecular complexity index is 482. The van der Waals surface area contributed by atoms with Crippen LogP contribution in [0.15, 0.2) is 48.5 Å². The minimum absolute atomic E-state index is 0.0329. The third-order valence-electron chi connectivity index (χ3n) is 2.40. The van der Waals surface area contributed by atoms with Crippen LogP contribution in [-0.2, 0) is 11.3 Å². The summed E-state index contributed by atoms with van der Waals surface area (Å²) in [7, 11) is 0. The molecule has 0 spiro atoms. The van der Waals surface area contributed by atoms with Crippen LogP contribution in [-0.4, -0.2) is 6.79 Å². The highest BCUT2D eigenvalue weighted by molar-refractivity contribution is 5.52. The molecule has 0 atom stereocenters. The number of para-hydroxylation sites is 1. The van der Waals surface area contributed by atoms with Gasteiger partial charge in [-0.1, -0.05) is 36.4 Å². The van der Waals surface area contributed by atoms with Gasteiger partial charge in [-0.05, 0) is 17.7 Å². The summed E-state index contributed by atoms with van der Waals surface area (Å²) in [5, 5.41) is 0. The molecule has 3 nitrogen and oxygen atoms in total. The van der Waals surface area contributed by atoms with E-state index >= 15 is 0 Å². The minimum Gasteiger partial charge on any atom is -0.462 e. The second-order valence-corrected chi connectivity index (χ2v) is 3.75. The summed E-state index contributed by atoms with van der Waals surface area (Å²) in [5.41, 5.74) is 6.89. The van der Waals surface area contributed by atoms with E-state index in [1.165, 1.54) is 12.1 Å². The van der Waals surface area contributed by atoms with E-state index in [2.05, 4.69) is 0 Å². The van der Waals surface area contributed by atoms with E-state index in [0.717, 1.165) is 5.56 Å². The van der Waals surface area contributed by atoms with Crippen molar-refractivity contribution in [2.45, 2.75) is 6.61 Å². The van der Waals surface area contributed by atoms with Crippen molar-refractivity contribution >= 4 is 5.69 Å². The molecule has 0 saturated heterocycles. The summed E-state index contributed by atoms with van der Waals surface area (Å²) in [4.78, 5) is 0. The maximum absolute atomic E-state index is 13.3. The first kappa shape index (κ1) is 12.4. The number of hydrogen-bond acceptors (Lipinski definition) is 3. The average Bonchev–Trinajstić information content (AvgIpc) is 2.38. The fourth-order valence-corrected chi connectivity index (χ4v) is 1.51. The molecule has 0 aliphatic heterocycles. The molecule has 0 aliphatic rings. The molecular formula is C14H14FNO2. The maximum atomic E-state index is 13.3. The number of nitrogen functional groups attached to an aromatic ring is 1. The van der Waals surface area contributed by atoms with E-state index in [4.69, 9.17) is 15.2 Å². The van der Waals surface area contributed by atoms with Gasteiger partial charge in [0.2, 0.25) is 0 Å². The molecule has 2 rings (SSSR count). The summed E-state index contributed by atoms with van der Waals surface area (Å²) in [5.74, 6) is -0.455. The molecule has 0 unspecified atom stereocenters. The van der Waals surface area contributed by atoms with Gasteiger partial charge in [-0.3, -0.25) is 0 Å². The predicted octanol–water partition coefficient (Wildman–Crippen LogP) is 2.96. The monoisotopic (exact) mass is 247 g/mol. The van der Waals surface area contributed by atoms with Gasteiger partial charge < -0.3 is 15.2 Å². The highest BCUT2D eigenvalue weighted by Crippen LogP contribution is 2.24. The van der Waals surface area contributed by atoms with E-state index in [9.17, 15) is 4.39 Å². The lowest BCUT2D eigenvalue weighted by atomic mass is 10.2. The summed E-state index contributed by atoms with van der Waals surface area (Å²) < 4.78 is 23.8. The molecule has 0 heterocycles. The summed E-state index contributed by atoms with van der Waals surface area (Å²) >= 11 is 0. The Kier molecular flexibility index (Phi) is 4.15. The van der Waals surface area contributed by atoms with Gasteiger partial charge in [0.05, 0.1) is 12.3 Å². The summed E-state index contributed by atoms with van der Waals surface area (Å²) in [6.45, 7) is 0.370. The van der Waals surface area contributed by atoms with Gasteiger partial charge in [-0.15, -0.1) is 0 Å². The van der Waals surface area contributed by atoms with Crippen LogP contribution >= 0.6 is 0 Å². The molecule has 2 aromatic carbocycles. The third kappa shape index (κ3) is 3.21. The van der Waals surface area contributed by atoms with Crippen LogP contribution in [0.2, 0.25) is 0 Å². The van der Waals surface area contributed by atoms with Gasteiger partial charge in [0.15, 0.2) is 18.4 Å². The Balaban J connectivity index is 1.82. The smallest absolute Gasteiger partial charge is 0.189 e. The van der Waals surface area contributed by atoms with E-state index in [1.807, 2.05) is 30.3 Å². The fourth-order valence-electron chi connectivity index (χ4n) is 1.51. The predicted molar refractivity (Wildman–Crippen MR) is 67.5 cm³/mol. The maximum Gasteiger partial charge on any atom is 0.189 e. The topological polar surface area (TPSA) is 44.5 Å². The molecule has 94 valence electrons. The van der Waals surface area contributed by atoms with E-state index < -0.39 is 5.82 Å². The molecular weight excluding hydrogens is 233 g/mol. The number of rotatable bonds is 5. The zero-order valence-corrected chi connectivity index (χ0v) is 9.80. The lowest BCUT2D eigenvalue weighted by molar-refractivity contribution is 0.00347. The normalized spacial score (nSPS) is 10.3. The van der Waals surface area contributed by atoms with Crippen LogP contribution in [0.3, 0.4) is 0 Å². The van der Waals surface area contributed by atoms with Gasteiger partial charge in [-0.25, -0.2) is 4.39 Å². The largest absolute Gasteiger partial charge is 0.462 e. The fraction of sp³-hybridized carbons (Fsp3) is 0.143. The van der Waals surface area contributed by atoms with Crippen molar-refractivity contribution in [1.82, 2.24) is 0 Å². The van der Waals surface area contributed by atoms with Crippen LogP contribution in [0, 0.1) is 5.82 Å². The number of hydrogen-bond donors (Lipinski definition) is 1. The number of benzene rings is 2. The Hall–Kier alpha value is -2.07. The summed E-state index contributed by atoms with van der Waals surface area (Å²) in [6.07, 6.45) is 0. The van der Waals surface area contributed by atoms with Crippen LogP contribution in [0.4, 0.5) is 10.1 Å². The number of ether oxygens (including phenoxy) is 2. The number of nitrogens with two attached hydrogens (primary N) is 1. The van der Waals surface area contributed by atoms with Gasteiger partial charge in [0.25, 0.3) is 0 Å². The highest BCUT2D eigenvalue weighted by Gasteiger charge is 2.06. The zero-order valence-electron chi connectivity index (χ0n) is 9.80. The lowest BCUT2D eigenvalue weighted by Crippen LogP contribution is -2.06. The molecule has 0 fully saturated rings. The SMILES string of the molecule is Nc1cccc(F)c1OCOCc1ccccc1. The molecule has 0 bridgehead atoms. The van der Waals surface area contributed by atoms with Gasteiger partial charge >= 0.3 is 0 Å². The van der Waals surface area contributed by atoms with Crippen molar-refractivity contribution in [1.29, 1.82) is 0 Å². The second kappa shape index (κ2) is 6.02. The zero-order chi connectivity index (χ0) is 12.8. The van der Waals surface area contributed by atoms with Crippen molar-refractivity contribution in [3.63, 3.8) is 0 Å². The van der Waals surface area contributed by atoms with Crippen molar-refractivity contribution < 1.29 is 13.9 Å². The molecule has 0 radical (unpaired) electrons. The van der Waals surface area contributed by atoms with Crippen molar-refractivity contribution in [2.75, 3.05) is 12.5 Å². The molecule has 2 aromatic rings. The Morgan fingerprint density at radius 1 is 1.00 bits per heavy atom. The van der Waals surface area contributed by atoms with Crippen LogP contribution in [0.5, 0.6) is 5.75 Å². The molecule has 18 heavy (non-hydrogen) atoms. The van der Waals surface area contributed by atoms with Crippen molar-refractivity contribution in [3.05, 3.63) is 59.9 Å². The molecule has 4 heteroatoms. The van der Waals surface area contributed by atoms with Crippen molar-refractivity contribution in [3.8, 4) is 5.75 Å². The van der Waals surface area contributed by atoms with E-state index in [1.54, 1.807) is 6.07 Å². The minimum atomic E-state index is -0.488. The molecule has 0 amide bonds. The van der Waals surface area contributed by atoms with Crippen molar-refractivity contribution in [2.24, 2.45) is 0 Å². The van der Waals surface area contributed by atoms with E-state index in [-0.39, 0.29) is 18.2 Å². The van der Waals surface area contributed by atoms with Crippen LogP contribution in [0.1, 0.15) is 5.56 Å². The van der Waals surface area contributed by atoms with Gasteiger partial charge in [0, 0.05) is 0 Å². The first-order valence-electron chi connectivity index (χ1n) is 5.56. The molecule has 0 aromatic heterocycles. The van der Waals surface area contributed by atoms with E-state index in [0.29, 0.717) is 6.61 Å². The molecule has 0 aliphatic carbocycles. The Labute approximate surface area is 105 Å². The molecule has 2 N–H and O–H groups in total. The van der Waals surface area contributed by atoms with Crippen LogP contribution in [0.25, 0.3) is 0 Å². The first-order valence-corrected chi connectivity index (χ1v) is 5.56. The standard InChI is InChI=1S/C14H14FNO2/c15-12-7-4-8-13(16)14(12)18-10-17-9-11-5-2-1-3-6-11/h1-8H,9-10,16H2. The first-order chi connectivity index (χ1) is 8.77. The highest BCUT2D eigenvalue weighted by atomic mass is 19.1. The lowest BCUT2D eigenvalue weighted by Gasteiger charge is -2.10. The van der Waals surface area contributed by atoms with Gasteiger partial charge in [0.1, 0.15) is 0 Å². The average molecular weight is 247 g/mol. The third-order valence-corrected chi connectivity index (χ3v) is 2.40. The number of halogens is 1. The Morgan fingerprint density at radius 3 is 2.50 bits per heavy atom. The quantitative estimate of drug-likeness (QED) is 0.502. The molecule has 0 saturated carbocycles. The summed E-state index contributed by atoms with van der Waals surface area (Å²) in [6, 6.07) is 14.1.